The Balaban J connectivity index is 1.75. The molecule has 1 unspecified atom stereocenters. The molecular weight excluding hydrogens is 324 g/mol. The normalized spacial score (nSPS) is 24.3. The minimum absolute atomic E-state index is 0.740. The third-order valence-electron chi connectivity index (χ3n) is 4.39. The minimum atomic E-state index is 0.740. The maximum absolute atomic E-state index is 6.30. The summed E-state index contributed by atoms with van der Waals surface area (Å²) in [6.45, 7) is 4.89. The van der Waals surface area contributed by atoms with Crippen molar-refractivity contribution >= 4 is 33.2 Å². The summed E-state index contributed by atoms with van der Waals surface area (Å²) in [7, 11) is 0. The number of alkyl halides is 1. The first-order chi connectivity index (χ1) is 9.29. The second-order valence-corrected chi connectivity index (χ2v) is 6.47. The number of benzene rings is 1. The van der Waals surface area contributed by atoms with E-state index in [1.807, 2.05) is 6.07 Å². The first kappa shape index (κ1) is 13.7. The molecule has 0 N–H and O–H groups in total. The van der Waals surface area contributed by atoms with Gasteiger partial charge in [-0.25, -0.2) is 0 Å². The van der Waals surface area contributed by atoms with Gasteiger partial charge in [0.25, 0.3) is 0 Å². The zero-order chi connectivity index (χ0) is 13.2. The number of nitrogens with zero attached hydrogens (tertiary/aromatic N) is 2. The Morgan fingerprint density at radius 2 is 2.00 bits per heavy atom. The maximum atomic E-state index is 6.30. The Hall–Kier alpha value is -0.250. The van der Waals surface area contributed by atoms with Crippen LogP contribution in [0.5, 0.6) is 0 Å². The van der Waals surface area contributed by atoms with Gasteiger partial charge >= 0.3 is 0 Å². The molecular formula is C15H20BrClN2. The van der Waals surface area contributed by atoms with Crippen LogP contribution < -0.4 is 4.90 Å². The van der Waals surface area contributed by atoms with Crippen LogP contribution in [0.1, 0.15) is 24.8 Å². The molecule has 0 spiro atoms. The van der Waals surface area contributed by atoms with E-state index in [9.17, 15) is 0 Å². The van der Waals surface area contributed by atoms with Crippen LogP contribution in [0.2, 0.25) is 5.02 Å². The van der Waals surface area contributed by atoms with Crippen LogP contribution in [-0.4, -0.2) is 37.1 Å². The third-order valence-corrected chi connectivity index (χ3v) is 5.30. The van der Waals surface area contributed by atoms with Crippen LogP contribution in [0.15, 0.2) is 18.2 Å². The summed E-state index contributed by atoms with van der Waals surface area (Å²) in [5, 5.41) is 1.70. The fourth-order valence-electron chi connectivity index (χ4n) is 3.34. The molecule has 4 heteroatoms. The SMILES string of the molecule is Clc1cccc(N2CCC(N3CCCC3)C2)c1CBr. The molecule has 1 atom stereocenters. The van der Waals surface area contributed by atoms with Gasteiger partial charge in [0.05, 0.1) is 0 Å². The lowest BCUT2D eigenvalue weighted by atomic mass is 10.2. The van der Waals surface area contributed by atoms with Gasteiger partial charge in [0, 0.05) is 40.7 Å². The van der Waals surface area contributed by atoms with Gasteiger partial charge < -0.3 is 4.90 Å². The van der Waals surface area contributed by atoms with Crippen LogP contribution in [0.3, 0.4) is 0 Å². The Morgan fingerprint density at radius 1 is 1.21 bits per heavy atom. The second-order valence-electron chi connectivity index (χ2n) is 5.50. The predicted octanol–water partition coefficient (Wildman–Crippen LogP) is 3.91. The average molecular weight is 344 g/mol. The highest BCUT2D eigenvalue weighted by atomic mass is 79.9. The number of likely N-dealkylation sites (tertiary alicyclic amines) is 1. The standard InChI is InChI=1S/C15H20BrClN2/c16-10-13-14(17)4-3-5-15(13)19-9-6-12(11-19)18-7-1-2-8-18/h3-5,12H,1-2,6-11H2. The van der Waals surface area contributed by atoms with Crippen LogP contribution in [0.4, 0.5) is 5.69 Å². The third kappa shape index (κ3) is 2.79. The lowest BCUT2D eigenvalue weighted by Crippen LogP contribution is -2.35. The Labute approximate surface area is 128 Å². The number of anilines is 1. The van der Waals surface area contributed by atoms with E-state index in [0.29, 0.717) is 0 Å². The smallest absolute Gasteiger partial charge is 0.0467 e. The first-order valence-corrected chi connectivity index (χ1v) is 8.62. The quantitative estimate of drug-likeness (QED) is 0.768. The van der Waals surface area contributed by atoms with Crippen molar-refractivity contribution in [1.82, 2.24) is 4.90 Å². The van der Waals surface area contributed by atoms with Crippen LogP contribution in [0, 0.1) is 0 Å². The van der Waals surface area contributed by atoms with Crippen LogP contribution in [-0.2, 0) is 5.33 Å². The molecule has 2 aliphatic heterocycles. The molecule has 2 aliphatic rings. The molecule has 0 aliphatic carbocycles. The highest BCUT2D eigenvalue weighted by Gasteiger charge is 2.30. The molecule has 1 aromatic rings. The fourth-order valence-corrected chi connectivity index (χ4v) is 4.33. The highest BCUT2D eigenvalue weighted by molar-refractivity contribution is 9.08. The van der Waals surface area contributed by atoms with Crippen molar-refractivity contribution in [2.24, 2.45) is 0 Å². The monoisotopic (exact) mass is 342 g/mol. The number of hydrogen-bond donors (Lipinski definition) is 0. The van der Waals surface area contributed by atoms with Crippen molar-refractivity contribution < 1.29 is 0 Å². The molecule has 0 bridgehead atoms. The lowest BCUT2D eigenvalue weighted by molar-refractivity contribution is 0.260. The Morgan fingerprint density at radius 3 is 2.74 bits per heavy atom. The molecule has 19 heavy (non-hydrogen) atoms. The van der Waals surface area contributed by atoms with Crippen molar-refractivity contribution in [2.75, 3.05) is 31.1 Å². The zero-order valence-corrected chi connectivity index (χ0v) is 13.5. The van der Waals surface area contributed by atoms with Crippen molar-refractivity contribution in [2.45, 2.75) is 30.6 Å². The second kappa shape index (κ2) is 6.02. The molecule has 104 valence electrons. The Bertz CT molecular complexity index is 446. The summed E-state index contributed by atoms with van der Waals surface area (Å²) in [6, 6.07) is 6.99. The maximum Gasteiger partial charge on any atom is 0.0467 e. The molecule has 2 saturated heterocycles. The van der Waals surface area contributed by atoms with Crippen molar-refractivity contribution in [3.8, 4) is 0 Å². The van der Waals surface area contributed by atoms with Gasteiger partial charge in [0.2, 0.25) is 0 Å². The van der Waals surface area contributed by atoms with Crippen LogP contribution in [0.25, 0.3) is 0 Å². The number of rotatable bonds is 3. The molecule has 0 radical (unpaired) electrons. The first-order valence-electron chi connectivity index (χ1n) is 7.12. The van der Waals surface area contributed by atoms with Gasteiger partial charge in [-0.2, -0.15) is 0 Å². The van der Waals surface area contributed by atoms with E-state index in [1.54, 1.807) is 0 Å². The van der Waals surface area contributed by atoms with E-state index in [2.05, 4.69) is 37.9 Å². The summed E-state index contributed by atoms with van der Waals surface area (Å²) in [6.07, 6.45) is 4.04. The summed E-state index contributed by atoms with van der Waals surface area (Å²) >= 11 is 9.87. The summed E-state index contributed by atoms with van der Waals surface area (Å²) in [4.78, 5) is 5.17. The van der Waals surface area contributed by atoms with E-state index in [4.69, 9.17) is 11.6 Å². The number of halogens is 2. The fraction of sp³-hybridized carbons (Fsp3) is 0.600. The Kier molecular flexibility index (Phi) is 4.35. The summed E-state index contributed by atoms with van der Waals surface area (Å²) in [5.74, 6) is 0. The largest absolute Gasteiger partial charge is 0.370 e. The van der Waals surface area contributed by atoms with E-state index >= 15 is 0 Å². The summed E-state index contributed by atoms with van der Waals surface area (Å²) in [5.41, 5.74) is 2.54. The van der Waals surface area contributed by atoms with Crippen molar-refractivity contribution in [3.63, 3.8) is 0 Å². The summed E-state index contributed by atoms with van der Waals surface area (Å²) < 4.78 is 0. The molecule has 0 amide bonds. The van der Waals surface area contributed by atoms with Gasteiger partial charge in [0.15, 0.2) is 0 Å². The van der Waals surface area contributed by atoms with Gasteiger partial charge in [0.1, 0.15) is 0 Å². The van der Waals surface area contributed by atoms with E-state index in [0.717, 1.165) is 29.5 Å². The van der Waals surface area contributed by atoms with E-state index in [1.165, 1.54) is 43.6 Å². The minimum Gasteiger partial charge on any atom is -0.370 e. The number of hydrogen-bond acceptors (Lipinski definition) is 2. The molecule has 0 saturated carbocycles. The molecule has 0 aromatic heterocycles. The van der Waals surface area contributed by atoms with Gasteiger partial charge in [-0.15, -0.1) is 0 Å². The van der Waals surface area contributed by atoms with Gasteiger partial charge in [-0.1, -0.05) is 33.6 Å². The van der Waals surface area contributed by atoms with Crippen molar-refractivity contribution in [3.05, 3.63) is 28.8 Å². The van der Waals surface area contributed by atoms with Gasteiger partial charge in [-0.3, -0.25) is 4.90 Å². The van der Waals surface area contributed by atoms with E-state index < -0.39 is 0 Å². The van der Waals surface area contributed by atoms with E-state index in [-0.39, 0.29) is 0 Å². The molecule has 3 rings (SSSR count). The lowest BCUT2D eigenvalue weighted by Gasteiger charge is -2.25. The zero-order valence-electron chi connectivity index (χ0n) is 11.1. The molecule has 2 fully saturated rings. The highest BCUT2D eigenvalue weighted by Crippen LogP contribution is 2.33. The average Bonchev–Trinajstić information content (AvgIpc) is 3.09. The topological polar surface area (TPSA) is 6.48 Å². The predicted molar refractivity (Wildman–Crippen MR) is 85.5 cm³/mol. The van der Waals surface area contributed by atoms with Crippen LogP contribution >= 0.6 is 27.5 Å². The molecule has 2 heterocycles. The molecule has 1 aromatic carbocycles. The molecule has 2 nitrogen and oxygen atoms in total. The van der Waals surface area contributed by atoms with Crippen molar-refractivity contribution in [1.29, 1.82) is 0 Å². The van der Waals surface area contributed by atoms with Gasteiger partial charge in [-0.05, 0) is 44.5 Å².